The van der Waals surface area contributed by atoms with Crippen LogP contribution in [-0.2, 0) is 9.05 Å². The SMILES string of the molecule is Cc1ncc(S(=O)(=O)Cl)cc1C#N. The summed E-state index contributed by atoms with van der Waals surface area (Å²) in [6.07, 6.45) is 1.12. The van der Waals surface area contributed by atoms with Crippen LogP contribution in [0.3, 0.4) is 0 Å². The first-order valence-electron chi connectivity index (χ1n) is 3.26. The van der Waals surface area contributed by atoms with Crippen LogP contribution in [0, 0.1) is 18.3 Å². The topological polar surface area (TPSA) is 70.8 Å². The summed E-state index contributed by atoms with van der Waals surface area (Å²) in [7, 11) is 1.27. The van der Waals surface area contributed by atoms with Gasteiger partial charge in [-0.05, 0) is 13.0 Å². The van der Waals surface area contributed by atoms with E-state index in [9.17, 15) is 8.42 Å². The van der Waals surface area contributed by atoms with Crippen molar-refractivity contribution in [1.82, 2.24) is 4.98 Å². The van der Waals surface area contributed by atoms with Gasteiger partial charge < -0.3 is 0 Å². The zero-order valence-corrected chi connectivity index (χ0v) is 8.22. The lowest BCUT2D eigenvalue weighted by Crippen LogP contribution is -1.95. The molecule has 0 amide bonds. The minimum absolute atomic E-state index is 0.156. The van der Waals surface area contributed by atoms with Crippen molar-refractivity contribution in [1.29, 1.82) is 5.26 Å². The maximum atomic E-state index is 10.8. The highest BCUT2D eigenvalue weighted by Crippen LogP contribution is 2.16. The lowest BCUT2D eigenvalue weighted by molar-refractivity contribution is 0.609. The molecule has 0 bridgehead atoms. The quantitative estimate of drug-likeness (QED) is 0.661. The van der Waals surface area contributed by atoms with Gasteiger partial charge in [-0.3, -0.25) is 4.98 Å². The van der Waals surface area contributed by atoms with Gasteiger partial charge in [0.15, 0.2) is 0 Å². The van der Waals surface area contributed by atoms with Crippen LogP contribution in [0.4, 0.5) is 0 Å². The van der Waals surface area contributed by atoms with Crippen LogP contribution in [0.5, 0.6) is 0 Å². The Kier molecular flexibility index (Phi) is 2.55. The molecule has 1 rings (SSSR count). The van der Waals surface area contributed by atoms with Gasteiger partial charge in [-0.1, -0.05) is 0 Å². The van der Waals surface area contributed by atoms with Gasteiger partial charge in [0, 0.05) is 16.9 Å². The number of pyridine rings is 1. The molecular formula is C7H5ClN2O2S. The molecule has 0 saturated heterocycles. The van der Waals surface area contributed by atoms with Crippen LogP contribution < -0.4 is 0 Å². The molecule has 0 N–H and O–H groups in total. The van der Waals surface area contributed by atoms with Gasteiger partial charge in [-0.2, -0.15) is 5.26 Å². The number of aromatic nitrogens is 1. The monoisotopic (exact) mass is 216 g/mol. The Morgan fingerprint density at radius 2 is 2.23 bits per heavy atom. The Morgan fingerprint density at radius 1 is 1.62 bits per heavy atom. The maximum Gasteiger partial charge on any atom is 0.262 e. The second kappa shape index (κ2) is 3.32. The van der Waals surface area contributed by atoms with Gasteiger partial charge in [0.05, 0.1) is 11.3 Å². The van der Waals surface area contributed by atoms with Crippen LogP contribution in [0.25, 0.3) is 0 Å². The highest BCUT2D eigenvalue weighted by molar-refractivity contribution is 8.13. The fourth-order valence-electron chi connectivity index (χ4n) is 0.760. The summed E-state index contributed by atoms with van der Waals surface area (Å²) in [6.45, 7) is 1.61. The molecule has 13 heavy (non-hydrogen) atoms. The summed E-state index contributed by atoms with van der Waals surface area (Å²) in [5.74, 6) is 0. The summed E-state index contributed by atoms with van der Waals surface area (Å²) in [4.78, 5) is 3.57. The van der Waals surface area contributed by atoms with E-state index in [1.54, 1.807) is 6.92 Å². The van der Waals surface area contributed by atoms with E-state index in [1.807, 2.05) is 6.07 Å². The molecule has 1 aromatic heterocycles. The van der Waals surface area contributed by atoms with E-state index in [2.05, 4.69) is 4.98 Å². The number of halogens is 1. The van der Waals surface area contributed by atoms with Gasteiger partial charge in [0.2, 0.25) is 0 Å². The predicted octanol–water partition coefficient (Wildman–Crippen LogP) is 1.19. The minimum atomic E-state index is -3.79. The molecule has 0 fully saturated rings. The molecule has 0 radical (unpaired) electrons. The minimum Gasteiger partial charge on any atom is -0.259 e. The highest BCUT2D eigenvalue weighted by Gasteiger charge is 2.12. The first-order valence-corrected chi connectivity index (χ1v) is 5.57. The first kappa shape index (κ1) is 9.96. The average molecular weight is 217 g/mol. The number of hydrogen-bond donors (Lipinski definition) is 0. The third-order valence-corrected chi connectivity index (χ3v) is 2.78. The molecule has 0 atom stereocenters. The second-order valence-corrected chi connectivity index (χ2v) is 4.92. The van der Waals surface area contributed by atoms with Gasteiger partial charge in [-0.15, -0.1) is 0 Å². The largest absolute Gasteiger partial charge is 0.262 e. The number of nitriles is 1. The molecule has 0 spiro atoms. The van der Waals surface area contributed by atoms with Crippen LogP contribution >= 0.6 is 10.7 Å². The van der Waals surface area contributed by atoms with Crippen molar-refractivity contribution >= 4 is 19.7 Å². The molecule has 0 aliphatic heterocycles. The van der Waals surface area contributed by atoms with Gasteiger partial charge in [0.1, 0.15) is 11.0 Å². The van der Waals surface area contributed by atoms with E-state index in [-0.39, 0.29) is 10.5 Å². The second-order valence-electron chi connectivity index (χ2n) is 2.35. The third kappa shape index (κ3) is 2.17. The Hall–Kier alpha value is -1.12. The van der Waals surface area contributed by atoms with Gasteiger partial charge in [-0.25, -0.2) is 8.42 Å². The molecule has 6 heteroatoms. The van der Waals surface area contributed by atoms with Crippen molar-refractivity contribution in [3.63, 3.8) is 0 Å². The van der Waals surface area contributed by atoms with E-state index >= 15 is 0 Å². The van der Waals surface area contributed by atoms with Crippen molar-refractivity contribution in [3.05, 3.63) is 23.5 Å². The van der Waals surface area contributed by atoms with E-state index < -0.39 is 9.05 Å². The summed E-state index contributed by atoms with van der Waals surface area (Å²) in [5, 5.41) is 8.58. The molecular weight excluding hydrogens is 212 g/mol. The molecule has 1 aromatic rings. The summed E-state index contributed by atoms with van der Waals surface area (Å²) >= 11 is 0. The number of rotatable bonds is 1. The maximum absolute atomic E-state index is 10.8. The highest BCUT2D eigenvalue weighted by atomic mass is 35.7. The van der Waals surface area contributed by atoms with Crippen molar-refractivity contribution in [2.24, 2.45) is 0 Å². The zero-order chi connectivity index (χ0) is 10.1. The normalized spacial score (nSPS) is 10.8. The summed E-state index contributed by atoms with van der Waals surface area (Å²) in [6, 6.07) is 3.02. The third-order valence-electron chi connectivity index (χ3n) is 1.46. The Morgan fingerprint density at radius 3 is 2.69 bits per heavy atom. The first-order chi connectivity index (χ1) is 5.95. The molecule has 0 aliphatic rings. The fraction of sp³-hybridized carbons (Fsp3) is 0.143. The van der Waals surface area contributed by atoms with E-state index in [4.69, 9.17) is 15.9 Å². The standard InChI is InChI=1S/C7H5ClN2O2S/c1-5-6(3-9)2-7(4-10-5)13(8,11)12/h2,4H,1H3. The lowest BCUT2D eigenvalue weighted by Gasteiger charge is -1.98. The predicted molar refractivity (Wildman–Crippen MR) is 46.7 cm³/mol. The van der Waals surface area contributed by atoms with Crippen molar-refractivity contribution in [3.8, 4) is 6.07 Å². The summed E-state index contributed by atoms with van der Waals surface area (Å²) < 4.78 is 21.7. The van der Waals surface area contributed by atoms with E-state index in [0.717, 1.165) is 6.20 Å². The smallest absolute Gasteiger partial charge is 0.259 e. The van der Waals surface area contributed by atoms with Gasteiger partial charge in [0.25, 0.3) is 9.05 Å². The van der Waals surface area contributed by atoms with Crippen molar-refractivity contribution in [2.75, 3.05) is 0 Å². The molecule has 0 unspecified atom stereocenters. The van der Waals surface area contributed by atoms with Gasteiger partial charge >= 0.3 is 0 Å². The molecule has 0 aromatic carbocycles. The van der Waals surface area contributed by atoms with Crippen LogP contribution in [0.1, 0.15) is 11.3 Å². The molecule has 1 heterocycles. The molecule has 0 saturated carbocycles. The lowest BCUT2D eigenvalue weighted by atomic mass is 10.2. The van der Waals surface area contributed by atoms with E-state index in [0.29, 0.717) is 5.69 Å². The van der Waals surface area contributed by atoms with Crippen molar-refractivity contribution < 1.29 is 8.42 Å². The summed E-state index contributed by atoms with van der Waals surface area (Å²) in [5.41, 5.74) is 0.688. The van der Waals surface area contributed by atoms with Crippen LogP contribution in [0.2, 0.25) is 0 Å². The fourth-order valence-corrected chi connectivity index (χ4v) is 1.45. The molecule has 68 valence electrons. The molecule has 0 aliphatic carbocycles. The molecule has 4 nitrogen and oxygen atoms in total. The number of nitrogens with zero attached hydrogens (tertiary/aromatic N) is 2. The Bertz CT molecular complexity index is 476. The zero-order valence-electron chi connectivity index (χ0n) is 6.65. The number of hydrogen-bond acceptors (Lipinski definition) is 4. The van der Waals surface area contributed by atoms with E-state index in [1.165, 1.54) is 6.07 Å². The number of aryl methyl sites for hydroxylation is 1. The van der Waals surface area contributed by atoms with Crippen LogP contribution in [-0.4, -0.2) is 13.4 Å². The van der Waals surface area contributed by atoms with Crippen LogP contribution in [0.15, 0.2) is 17.2 Å². The Labute approximate surface area is 80.2 Å². The van der Waals surface area contributed by atoms with Crippen molar-refractivity contribution in [2.45, 2.75) is 11.8 Å². The average Bonchev–Trinajstić information content (AvgIpc) is 2.03. The Balaban J connectivity index is 3.41.